The number of unbranched alkanes of at least 4 members (excludes halogenated alkanes) is 1. The molecule has 3 rings (SSSR count). The normalized spacial score (nSPS) is 13.5. The Labute approximate surface area is 231 Å². The predicted molar refractivity (Wildman–Crippen MR) is 155 cm³/mol. The van der Waals surface area contributed by atoms with Gasteiger partial charge in [0.15, 0.2) is 0 Å². The van der Waals surface area contributed by atoms with Gasteiger partial charge in [0, 0.05) is 24.1 Å². The van der Waals surface area contributed by atoms with E-state index in [0.717, 1.165) is 42.7 Å². The van der Waals surface area contributed by atoms with Crippen LogP contribution in [0, 0.1) is 13.8 Å². The van der Waals surface area contributed by atoms with Gasteiger partial charge < -0.3 is 31.7 Å². The maximum absolute atomic E-state index is 12.2. The number of hydrogen-bond donors (Lipinski definition) is 5. The van der Waals surface area contributed by atoms with Crippen LogP contribution in [0.2, 0.25) is 0 Å². The fraction of sp³-hybridized carbons (Fsp3) is 0.517. The van der Waals surface area contributed by atoms with E-state index in [4.69, 9.17) is 15.5 Å². The Kier molecular flexibility index (Phi) is 12.3. The quantitative estimate of drug-likeness (QED) is 0.205. The number of carbonyl (C=O) groups excluding carboxylic acids is 3. The summed E-state index contributed by atoms with van der Waals surface area (Å²) in [5.74, 6) is -1.28. The van der Waals surface area contributed by atoms with E-state index in [9.17, 15) is 14.4 Å². The third-order valence-electron chi connectivity index (χ3n) is 6.61. The molecule has 6 N–H and O–H groups in total. The van der Waals surface area contributed by atoms with Crippen molar-refractivity contribution in [3.63, 3.8) is 0 Å². The second kappa shape index (κ2) is 15.2. The molecule has 39 heavy (non-hydrogen) atoms. The van der Waals surface area contributed by atoms with Crippen LogP contribution in [-0.2, 0) is 32.1 Å². The summed E-state index contributed by atoms with van der Waals surface area (Å²) in [6.45, 7) is 16.5. The number of rotatable bonds is 12. The SMILES string of the molecule is C=C1NCc2c1nc1cc(C)c(C)cc1c2CCCCOCNC(=O)[C@H](C)NC(=O)C(C)NC(=O)CN.CC. The second-order valence-corrected chi connectivity index (χ2v) is 9.48. The first-order chi connectivity index (χ1) is 18.6. The summed E-state index contributed by atoms with van der Waals surface area (Å²) in [5, 5.41) is 12.2. The first kappa shape index (κ1) is 31.7. The van der Waals surface area contributed by atoms with Crippen molar-refractivity contribution >= 4 is 34.3 Å². The molecule has 0 fully saturated rings. The number of nitrogens with one attached hydrogen (secondary N) is 4. The average molecular weight is 541 g/mol. The molecule has 1 aliphatic heterocycles. The largest absolute Gasteiger partial charge is 0.380 e. The van der Waals surface area contributed by atoms with E-state index in [-0.39, 0.29) is 19.2 Å². The van der Waals surface area contributed by atoms with Gasteiger partial charge in [0.25, 0.3) is 0 Å². The molecule has 0 aliphatic carbocycles. The van der Waals surface area contributed by atoms with Crippen LogP contribution in [0.25, 0.3) is 16.6 Å². The minimum Gasteiger partial charge on any atom is -0.380 e. The molecule has 10 heteroatoms. The van der Waals surface area contributed by atoms with E-state index in [0.29, 0.717) is 6.61 Å². The van der Waals surface area contributed by atoms with Gasteiger partial charge in [-0.3, -0.25) is 14.4 Å². The molecule has 1 aliphatic rings. The number of nitrogens with zero attached hydrogens (tertiary/aromatic N) is 1. The highest BCUT2D eigenvalue weighted by Crippen LogP contribution is 2.32. The fourth-order valence-electron chi connectivity index (χ4n) is 4.26. The number of hydrogen-bond acceptors (Lipinski definition) is 7. The summed E-state index contributed by atoms with van der Waals surface area (Å²) in [4.78, 5) is 40.5. The highest BCUT2D eigenvalue weighted by atomic mass is 16.5. The lowest BCUT2D eigenvalue weighted by molar-refractivity contribution is -0.131. The molecule has 214 valence electrons. The Balaban J connectivity index is 0.00000260. The van der Waals surface area contributed by atoms with E-state index in [1.165, 1.54) is 34.6 Å². The van der Waals surface area contributed by atoms with Crippen LogP contribution in [0.5, 0.6) is 0 Å². The third kappa shape index (κ3) is 8.49. The first-order valence-corrected chi connectivity index (χ1v) is 13.6. The lowest BCUT2D eigenvalue weighted by Crippen LogP contribution is -2.52. The Morgan fingerprint density at radius 3 is 2.44 bits per heavy atom. The van der Waals surface area contributed by atoms with E-state index in [2.05, 4.69) is 53.8 Å². The number of carbonyl (C=O) groups is 3. The summed E-state index contributed by atoms with van der Waals surface area (Å²) >= 11 is 0. The molecular formula is C29H44N6O4. The van der Waals surface area contributed by atoms with Crippen LogP contribution in [0.3, 0.4) is 0 Å². The lowest BCUT2D eigenvalue weighted by atomic mass is 9.94. The number of aromatic nitrogens is 1. The molecule has 0 saturated heterocycles. The van der Waals surface area contributed by atoms with Gasteiger partial charge in [-0.15, -0.1) is 0 Å². The van der Waals surface area contributed by atoms with Gasteiger partial charge in [-0.25, -0.2) is 4.98 Å². The van der Waals surface area contributed by atoms with Gasteiger partial charge in [-0.2, -0.15) is 0 Å². The van der Waals surface area contributed by atoms with Crippen molar-refractivity contribution in [3.8, 4) is 0 Å². The molecule has 2 aromatic rings. The minimum atomic E-state index is -0.789. The van der Waals surface area contributed by atoms with E-state index < -0.39 is 23.9 Å². The number of amides is 3. The Morgan fingerprint density at radius 2 is 1.74 bits per heavy atom. The van der Waals surface area contributed by atoms with E-state index in [1.54, 1.807) is 6.92 Å². The first-order valence-electron chi connectivity index (χ1n) is 13.6. The molecule has 0 radical (unpaired) electrons. The molecule has 0 saturated carbocycles. The highest BCUT2D eigenvalue weighted by Gasteiger charge is 2.22. The summed E-state index contributed by atoms with van der Waals surface area (Å²) < 4.78 is 5.59. The molecule has 2 heterocycles. The second-order valence-electron chi connectivity index (χ2n) is 9.48. The maximum Gasteiger partial charge on any atom is 0.244 e. The number of ether oxygens (including phenoxy) is 1. The summed E-state index contributed by atoms with van der Waals surface area (Å²) in [6, 6.07) is 2.81. The minimum absolute atomic E-state index is 0.0499. The number of aryl methyl sites for hydroxylation is 3. The van der Waals surface area contributed by atoms with Crippen molar-refractivity contribution in [2.45, 2.75) is 79.4 Å². The summed E-state index contributed by atoms with van der Waals surface area (Å²) in [6.07, 6.45) is 2.66. The van der Waals surface area contributed by atoms with Crippen LogP contribution in [0.15, 0.2) is 18.7 Å². The predicted octanol–water partition coefficient (Wildman–Crippen LogP) is 2.33. The number of fused-ring (bicyclic) bond motifs is 2. The van der Waals surface area contributed by atoms with E-state index in [1.807, 2.05) is 13.8 Å². The molecule has 10 nitrogen and oxygen atoms in total. The molecule has 2 atom stereocenters. The number of nitrogens with two attached hydrogens (primary N) is 1. The van der Waals surface area contributed by atoms with Gasteiger partial charge >= 0.3 is 0 Å². The molecule has 0 spiro atoms. The van der Waals surface area contributed by atoms with Crippen molar-refractivity contribution in [2.75, 3.05) is 19.9 Å². The summed E-state index contributed by atoms with van der Waals surface area (Å²) in [7, 11) is 0. The molecule has 1 aromatic heterocycles. The number of pyridine rings is 1. The van der Waals surface area contributed by atoms with Gasteiger partial charge in [-0.05, 0) is 75.8 Å². The van der Waals surface area contributed by atoms with Gasteiger partial charge in [0.05, 0.1) is 23.5 Å². The van der Waals surface area contributed by atoms with Crippen molar-refractivity contribution in [3.05, 3.63) is 46.7 Å². The smallest absolute Gasteiger partial charge is 0.244 e. The zero-order valence-electron chi connectivity index (χ0n) is 24.1. The van der Waals surface area contributed by atoms with Crippen LogP contribution in [0.4, 0.5) is 0 Å². The summed E-state index contributed by atoms with van der Waals surface area (Å²) in [5.41, 5.74) is 13.1. The molecule has 3 amide bonds. The van der Waals surface area contributed by atoms with E-state index >= 15 is 0 Å². The zero-order chi connectivity index (χ0) is 29.1. The van der Waals surface area contributed by atoms with Crippen LogP contribution < -0.4 is 27.0 Å². The van der Waals surface area contributed by atoms with Crippen molar-refractivity contribution in [1.82, 2.24) is 26.3 Å². The average Bonchev–Trinajstić information content (AvgIpc) is 3.29. The molecule has 0 bridgehead atoms. The molecule has 1 unspecified atom stereocenters. The monoisotopic (exact) mass is 540 g/mol. The van der Waals surface area contributed by atoms with Crippen LogP contribution in [0.1, 0.15) is 68.5 Å². The molecular weight excluding hydrogens is 496 g/mol. The maximum atomic E-state index is 12.2. The Morgan fingerprint density at radius 1 is 1.08 bits per heavy atom. The Hall–Kier alpha value is -3.50. The molecule has 1 aromatic carbocycles. The number of benzene rings is 1. The third-order valence-corrected chi connectivity index (χ3v) is 6.61. The van der Waals surface area contributed by atoms with Crippen molar-refractivity contribution < 1.29 is 19.1 Å². The lowest BCUT2D eigenvalue weighted by Gasteiger charge is -2.18. The fourth-order valence-corrected chi connectivity index (χ4v) is 4.26. The zero-order valence-corrected chi connectivity index (χ0v) is 24.1. The topological polar surface area (TPSA) is 147 Å². The van der Waals surface area contributed by atoms with Gasteiger partial charge in [-0.1, -0.05) is 20.4 Å². The standard InChI is InChI=1S/C27H38N6O4.C2H6/c1-15-10-21-20(22-13-29-17(3)25(22)33-23(21)11-16(15)2)8-6-7-9-37-14-30-26(35)18(4)32-27(36)19(5)31-24(34)12-28;1-2/h10-11,18-19,29H,3,6-9,12-14,28H2,1-2,4-5H3,(H,30,35)(H,31,34)(H,32,36);1-2H3/t18-,19?;/m0./s1. The van der Waals surface area contributed by atoms with Gasteiger partial charge in [0.1, 0.15) is 18.8 Å². The highest BCUT2D eigenvalue weighted by molar-refractivity contribution is 5.92. The van der Waals surface area contributed by atoms with Gasteiger partial charge in [0.2, 0.25) is 17.7 Å². The van der Waals surface area contributed by atoms with Crippen molar-refractivity contribution in [1.29, 1.82) is 0 Å². The Bertz CT molecular complexity index is 1200. The van der Waals surface area contributed by atoms with Crippen LogP contribution >= 0.6 is 0 Å². The van der Waals surface area contributed by atoms with Crippen LogP contribution in [-0.4, -0.2) is 54.7 Å². The van der Waals surface area contributed by atoms with Crippen molar-refractivity contribution in [2.24, 2.45) is 5.73 Å².